The molecule has 0 atom stereocenters. The van der Waals surface area contributed by atoms with Crippen molar-refractivity contribution < 1.29 is 4.74 Å². The summed E-state index contributed by atoms with van der Waals surface area (Å²) in [5, 5.41) is 1.05. The first-order chi connectivity index (χ1) is 6.74. The SMILES string of the molecule is Cc1cc(Br)ccc1OCCCCBr. The van der Waals surface area contributed by atoms with E-state index in [0.29, 0.717) is 0 Å². The number of rotatable bonds is 5. The molecule has 0 aliphatic heterocycles. The van der Waals surface area contributed by atoms with Crippen LogP contribution in [0.3, 0.4) is 0 Å². The Kier molecular flexibility index (Phi) is 5.56. The Morgan fingerprint density at radius 2 is 2.07 bits per heavy atom. The van der Waals surface area contributed by atoms with Crippen LogP contribution in [0.1, 0.15) is 18.4 Å². The van der Waals surface area contributed by atoms with E-state index in [2.05, 4.69) is 44.8 Å². The smallest absolute Gasteiger partial charge is 0.122 e. The number of benzene rings is 1. The molecule has 0 amide bonds. The molecule has 0 fully saturated rings. The zero-order valence-corrected chi connectivity index (χ0v) is 11.4. The Morgan fingerprint density at radius 3 is 2.71 bits per heavy atom. The molecule has 0 radical (unpaired) electrons. The van der Waals surface area contributed by atoms with Gasteiger partial charge in [0.05, 0.1) is 6.61 Å². The van der Waals surface area contributed by atoms with Gasteiger partial charge in [0.15, 0.2) is 0 Å². The third kappa shape index (κ3) is 4.01. The first-order valence-electron chi connectivity index (χ1n) is 4.69. The van der Waals surface area contributed by atoms with Gasteiger partial charge in [-0.3, -0.25) is 0 Å². The van der Waals surface area contributed by atoms with E-state index in [4.69, 9.17) is 4.74 Å². The average Bonchev–Trinajstić information content (AvgIpc) is 2.15. The van der Waals surface area contributed by atoms with Gasteiger partial charge in [0, 0.05) is 9.80 Å². The van der Waals surface area contributed by atoms with Crippen LogP contribution in [-0.4, -0.2) is 11.9 Å². The van der Waals surface area contributed by atoms with Gasteiger partial charge in [0.2, 0.25) is 0 Å². The Morgan fingerprint density at radius 1 is 1.29 bits per heavy atom. The number of ether oxygens (including phenoxy) is 1. The van der Waals surface area contributed by atoms with Crippen molar-refractivity contribution in [1.82, 2.24) is 0 Å². The van der Waals surface area contributed by atoms with E-state index >= 15 is 0 Å². The quantitative estimate of drug-likeness (QED) is 0.580. The van der Waals surface area contributed by atoms with Crippen LogP contribution in [0.5, 0.6) is 5.75 Å². The molecule has 0 spiro atoms. The van der Waals surface area contributed by atoms with E-state index in [1.54, 1.807) is 0 Å². The van der Waals surface area contributed by atoms with Crippen molar-refractivity contribution in [3.8, 4) is 5.75 Å². The van der Waals surface area contributed by atoms with E-state index in [9.17, 15) is 0 Å². The van der Waals surface area contributed by atoms with Crippen LogP contribution in [0, 0.1) is 6.92 Å². The highest BCUT2D eigenvalue weighted by Gasteiger charge is 1.99. The van der Waals surface area contributed by atoms with Gasteiger partial charge in [0.25, 0.3) is 0 Å². The van der Waals surface area contributed by atoms with Crippen LogP contribution in [0.4, 0.5) is 0 Å². The first-order valence-corrected chi connectivity index (χ1v) is 6.60. The maximum atomic E-state index is 5.65. The van der Waals surface area contributed by atoms with E-state index < -0.39 is 0 Å². The fraction of sp³-hybridized carbons (Fsp3) is 0.455. The molecule has 1 nitrogen and oxygen atoms in total. The van der Waals surface area contributed by atoms with Crippen molar-refractivity contribution in [3.05, 3.63) is 28.2 Å². The maximum Gasteiger partial charge on any atom is 0.122 e. The molecule has 1 rings (SSSR count). The summed E-state index contributed by atoms with van der Waals surface area (Å²) in [4.78, 5) is 0. The van der Waals surface area contributed by atoms with E-state index in [1.165, 1.54) is 5.56 Å². The molecule has 14 heavy (non-hydrogen) atoms. The Bertz CT molecular complexity index is 287. The summed E-state index contributed by atoms with van der Waals surface area (Å²) in [7, 11) is 0. The number of unbranched alkanes of at least 4 members (excludes halogenated alkanes) is 1. The molecule has 1 aromatic carbocycles. The molecule has 0 heterocycles. The summed E-state index contributed by atoms with van der Waals surface area (Å²) >= 11 is 6.83. The number of aryl methyl sites for hydroxylation is 1. The minimum absolute atomic E-state index is 0.800. The molecule has 0 saturated heterocycles. The summed E-state index contributed by atoms with van der Waals surface area (Å²) < 4.78 is 6.75. The van der Waals surface area contributed by atoms with Crippen LogP contribution >= 0.6 is 31.9 Å². The highest BCUT2D eigenvalue weighted by atomic mass is 79.9. The van der Waals surface area contributed by atoms with Gasteiger partial charge >= 0.3 is 0 Å². The molecule has 0 saturated carbocycles. The van der Waals surface area contributed by atoms with E-state index in [0.717, 1.165) is 35.0 Å². The van der Waals surface area contributed by atoms with Gasteiger partial charge in [-0.15, -0.1) is 0 Å². The second-order valence-electron chi connectivity index (χ2n) is 3.15. The molecule has 1 aromatic rings. The van der Waals surface area contributed by atoms with Crippen molar-refractivity contribution in [3.63, 3.8) is 0 Å². The topological polar surface area (TPSA) is 9.23 Å². The van der Waals surface area contributed by atoms with E-state index in [-0.39, 0.29) is 0 Å². The van der Waals surface area contributed by atoms with Gasteiger partial charge in [-0.1, -0.05) is 31.9 Å². The number of halogens is 2. The fourth-order valence-corrected chi connectivity index (χ4v) is 2.03. The molecular weight excluding hydrogens is 308 g/mol. The fourth-order valence-electron chi connectivity index (χ4n) is 1.15. The van der Waals surface area contributed by atoms with Crippen molar-refractivity contribution in [2.24, 2.45) is 0 Å². The maximum absolute atomic E-state index is 5.65. The Hall–Kier alpha value is -0.0200. The summed E-state index contributed by atoms with van der Waals surface area (Å²) in [6.07, 6.45) is 2.26. The second kappa shape index (κ2) is 6.46. The summed E-state index contributed by atoms with van der Waals surface area (Å²) in [5.74, 6) is 0.989. The number of alkyl halides is 1. The molecule has 0 unspecified atom stereocenters. The molecule has 78 valence electrons. The lowest BCUT2D eigenvalue weighted by Crippen LogP contribution is -1.98. The molecular formula is C11H14Br2O. The minimum Gasteiger partial charge on any atom is -0.493 e. The summed E-state index contributed by atoms with van der Waals surface area (Å²) in [6.45, 7) is 2.86. The van der Waals surface area contributed by atoms with Gasteiger partial charge in [-0.25, -0.2) is 0 Å². The monoisotopic (exact) mass is 320 g/mol. The lowest BCUT2D eigenvalue weighted by molar-refractivity contribution is 0.308. The van der Waals surface area contributed by atoms with Gasteiger partial charge < -0.3 is 4.74 Å². The number of hydrogen-bond acceptors (Lipinski definition) is 1. The predicted molar refractivity (Wildman–Crippen MR) is 67.4 cm³/mol. The molecule has 3 heteroatoms. The van der Waals surface area contributed by atoms with Gasteiger partial charge in [-0.05, 0) is 43.5 Å². The predicted octanol–water partition coefficient (Wildman–Crippen LogP) is 4.31. The molecule has 0 aliphatic carbocycles. The highest BCUT2D eigenvalue weighted by molar-refractivity contribution is 9.10. The zero-order valence-electron chi connectivity index (χ0n) is 8.22. The van der Waals surface area contributed by atoms with Crippen LogP contribution in [0.25, 0.3) is 0 Å². The van der Waals surface area contributed by atoms with Crippen molar-refractivity contribution in [2.45, 2.75) is 19.8 Å². The van der Waals surface area contributed by atoms with Crippen molar-refractivity contribution >= 4 is 31.9 Å². The minimum atomic E-state index is 0.800. The van der Waals surface area contributed by atoms with Gasteiger partial charge in [0.1, 0.15) is 5.75 Å². The van der Waals surface area contributed by atoms with E-state index in [1.807, 2.05) is 12.1 Å². The summed E-state index contributed by atoms with van der Waals surface area (Å²) in [6, 6.07) is 6.08. The van der Waals surface area contributed by atoms with Gasteiger partial charge in [-0.2, -0.15) is 0 Å². The van der Waals surface area contributed by atoms with Crippen LogP contribution in [0.15, 0.2) is 22.7 Å². The second-order valence-corrected chi connectivity index (χ2v) is 4.86. The normalized spacial score (nSPS) is 10.2. The molecule has 0 aromatic heterocycles. The average molecular weight is 322 g/mol. The largest absolute Gasteiger partial charge is 0.493 e. The van der Waals surface area contributed by atoms with Crippen LogP contribution < -0.4 is 4.74 Å². The molecule has 0 aliphatic rings. The lowest BCUT2D eigenvalue weighted by atomic mass is 10.2. The third-order valence-electron chi connectivity index (χ3n) is 1.92. The third-order valence-corrected chi connectivity index (χ3v) is 2.98. The molecule has 0 N–H and O–H groups in total. The Labute approximate surface area is 102 Å². The zero-order chi connectivity index (χ0) is 10.4. The highest BCUT2D eigenvalue weighted by Crippen LogP contribution is 2.22. The van der Waals surface area contributed by atoms with Crippen LogP contribution in [0.2, 0.25) is 0 Å². The lowest BCUT2D eigenvalue weighted by Gasteiger charge is -2.08. The van der Waals surface area contributed by atoms with Crippen molar-refractivity contribution in [1.29, 1.82) is 0 Å². The number of hydrogen-bond donors (Lipinski definition) is 0. The standard InChI is InChI=1S/C11H14Br2O/c1-9-8-10(13)4-5-11(9)14-7-3-2-6-12/h4-5,8H,2-3,6-7H2,1H3. The van der Waals surface area contributed by atoms with Crippen molar-refractivity contribution in [2.75, 3.05) is 11.9 Å². The first kappa shape index (κ1) is 12.1. The summed E-state index contributed by atoms with van der Waals surface area (Å²) in [5.41, 5.74) is 1.18. The van der Waals surface area contributed by atoms with Crippen LogP contribution in [-0.2, 0) is 0 Å². The Balaban J connectivity index is 2.42. The molecule has 0 bridgehead atoms.